The summed E-state index contributed by atoms with van der Waals surface area (Å²) < 4.78 is 5.16. The molecule has 7 heteroatoms. The van der Waals surface area contributed by atoms with Crippen LogP contribution in [0.15, 0.2) is 18.2 Å². The quantitative estimate of drug-likeness (QED) is 0.760. The Labute approximate surface area is 115 Å². The molecular weight excluding hydrogens is 270 g/mol. The van der Waals surface area contributed by atoms with E-state index in [9.17, 15) is 9.59 Å². The lowest BCUT2D eigenvalue weighted by atomic mass is 10.1. The number of rotatable bonds is 2. The molecule has 0 spiro atoms. The number of carbonyl (C=O) groups is 2. The van der Waals surface area contributed by atoms with E-state index < -0.39 is 11.9 Å². The van der Waals surface area contributed by atoms with Gasteiger partial charge in [-0.1, -0.05) is 11.6 Å². The van der Waals surface area contributed by atoms with Gasteiger partial charge in [-0.3, -0.25) is 9.59 Å². The summed E-state index contributed by atoms with van der Waals surface area (Å²) in [6.07, 6.45) is 0. The SMILES string of the molecule is NC(=O)C1COCCN1C(=O)c1cc(Cl)ccc1N. The number of primary amides is 1. The minimum Gasteiger partial charge on any atom is -0.398 e. The molecule has 2 rings (SSSR count). The van der Waals surface area contributed by atoms with Crippen LogP contribution in [0.5, 0.6) is 0 Å². The van der Waals surface area contributed by atoms with E-state index in [0.29, 0.717) is 23.9 Å². The molecule has 1 aromatic rings. The van der Waals surface area contributed by atoms with Gasteiger partial charge in [-0.05, 0) is 18.2 Å². The molecule has 1 aliphatic heterocycles. The molecule has 0 aromatic heterocycles. The van der Waals surface area contributed by atoms with E-state index in [1.54, 1.807) is 12.1 Å². The van der Waals surface area contributed by atoms with Crippen molar-refractivity contribution in [3.63, 3.8) is 0 Å². The predicted octanol–water partition coefficient (Wildman–Crippen LogP) is 0.249. The highest BCUT2D eigenvalue weighted by atomic mass is 35.5. The summed E-state index contributed by atoms with van der Waals surface area (Å²) in [5.41, 5.74) is 11.6. The van der Waals surface area contributed by atoms with Gasteiger partial charge < -0.3 is 21.1 Å². The van der Waals surface area contributed by atoms with Crippen LogP contribution in [0.25, 0.3) is 0 Å². The average Bonchev–Trinajstić information content (AvgIpc) is 2.40. The molecule has 102 valence electrons. The fraction of sp³-hybridized carbons (Fsp3) is 0.333. The van der Waals surface area contributed by atoms with Crippen LogP contribution in [0.2, 0.25) is 5.02 Å². The van der Waals surface area contributed by atoms with Crippen molar-refractivity contribution >= 4 is 29.1 Å². The van der Waals surface area contributed by atoms with Crippen LogP contribution >= 0.6 is 11.6 Å². The van der Waals surface area contributed by atoms with E-state index in [1.165, 1.54) is 11.0 Å². The summed E-state index contributed by atoms with van der Waals surface area (Å²) in [4.78, 5) is 25.1. The molecule has 2 amide bonds. The molecule has 0 radical (unpaired) electrons. The lowest BCUT2D eigenvalue weighted by molar-refractivity contribution is -0.127. The summed E-state index contributed by atoms with van der Waals surface area (Å²) in [6.45, 7) is 0.746. The molecular formula is C12H14ClN3O3. The first-order valence-electron chi connectivity index (χ1n) is 5.73. The first-order valence-corrected chi connectivity index (χ1v) is 6.11. The van der Waals surface area contributed by atoms with Gasteiger partial charge in [-0.25, -0.2) is 0 Å². The van der Waals surface area contributed by atoms with E-state index >= 15 is 0 Å². The second kappa shape index (κ2) is 5.46. The van der Waals surface area contributed by atoms with Crippen molar-refractivity contribution in [3.05, 3.63) is 28.8 Å². The molecule has 0 bridgehead atoms. The predicted molar refractivity (Wildman–Crippen MR) is 70.7 cm³/mol. The van der Waals surface area contributed by atoms with Gasteiger partial charge in [0.15, 0.2) is 0 Å². The van der Waals surface area contributed by atoms with Gasteiger partial charge in [0.05, 0.1) is 18.8 Å². The van der Waals surface area contributed by atoms with Gasteiger partial charge in [-0.15, -0.1) is 0 Å². The maximum atomic E-state index is 12.4. The van der Waals surface area contributed by atoms with E-state index in [4.69, 9.17) is 27.8 Å². The molecule has 19 heavy (non-hydrogen) atoms. The summed E-state index contributed by atoms with van der Waals surface area (Å²) in [5.74, 6) is -0.972. The molecule has 0 saturated carbocycles. The zero-order valence-electron chi connectivity index (χ0n) is 10.1. The number of carbonyl (C=O) groups excluding carboxylic acids is 2. The third-order valence-electron chi connectivity index (χ3n) is 2.96. The molecule has 0 aliphatic carbocycles. The Bertz CT molecular complexity index is 521. The second-order valence-electron chi connectivity index (χ2n) is 4.22. The number of anilines is 1. The van der Waals surface area contributed by atoms with Crippen molar-refractivity contribution in [1.29, 1.82) is 0 Å². The minimum atomic E-state index is -0.778. The Morgan fingerprint density at radius 1 is 1.42 bits per heavy atom. The highest BCUT2D eigenvalue weighted by Gasteiger charge is 2.32. The maximum absolute atomic E-state index is 12.4. The molecule has 1 atom stereocenters. The first-order chi connectivity index (χ1) is 9.00. The average molecular weight is 284 g/mol. The van der Waals surface area contributed by atoms with Gasteiger partial charge in [0.1, 0.15) is 6.04 Å². The summed E-state index contributed by atoms with van der Waals surface area (Å²) in [7, 11) is 0. The number of benzene rings is 1. The molecule has 1 saturated heterocycles. The third-order valence-corrected chi connectivity index (χ3v) is 3.20. The van der Waals surface area contributed by atoms with Crippen LogP contribution in [0.1, 0.15) is 10.4 Å². The summed E-state index contributed by atoms with van der Waals surface area (Å²) in [6, 6.07) is 3.85. The van der Waals surface area contributed by atoms with Crippen molar-refractivity contribution in [3.8, 4) is 0 Å². The number of nitrogen functional groups attached to an aromatic ring is 1. The fourth-order valence-corrected chi connectivity index (χ4v) is 2.12. The normalized spacial score (nSPS) is 19.2. The zero-order valence-corrected chi connectivity index (χ0v) is 10.9. The number of halogens is 1. The van der Waals surface area contributed by atoms with Gasteiger partial charge in [0, 0.05) is 17.3 Å². The molecule has 4 N–H and O–H groups in total. The van der Waals surface area contributed by atoms with E-state index in [-0.39, 0.29) is 18.1 Å². The number of morpholine rings is 1. The van der Waals surface area contributed by atoms with E-state index in [1.807, 2.05) is 0 Å². The molecule has 6 nitrogen and oxygen atoms in total. The van der Waals surface area contributed by atoms with Crippen molar-refractivity contribution in [2.24, 2.45) is 5.73 Å². The topological polar surface area (TPSA) is 98.7 Å². The summed E-state index contributed by atoms with van der Waals surface area (Å²) in [5, 5.41) is 0.404. The monoisotopic (exact) mass is 283 g/mol. The van der Waals surface area contributed by atoms with Crippen LogP contribution < -0.4 is 11.5 Å². The Kier molecular flexibility index (Phi) is 3.92. The highest BCUT2D eigenvalue weighted by Crippen LogP contribution is 2.21. The largest absolute Gasteiger partial charge is 0.398 e. The van der Waals surface area contributed by atoms with Crippen LogP contribution in [0, 0.1) is 0 Å². The first kappa shape index (κ1) is 13.6. The van der Waals surface area contributed by atoms with Crippen molar-refractivity contribution < 1.29 is 14.3 Å². The van der Waals surface area contributed by atoms with Crippen molar-refractivity contribution in [2.75, 3.05) is 25.5 Å². The standard InChI is InChI=1S/C12H14ClN3O3/c13-7-1-2-9(14)8(5-7)12(18)16-3-4-19-6-10(16)11(15)17/h1-2,5,10H,3-4,6,14H2,(H2,15,17). The highest BCUT2D eigenvalue weighted by molar-refractivity contribution is 6.31. The van der Waals surface area contributed by atoms with E-state index in [0.717, 1.165) is 0 Å². The number of hydrogen-bond donors (Lipinski definition) is 2. The second-order valence-corrected chi connectivity index (χ2v) is 4.66. The molecule has 1 unspecified atom stereocenters. The number of nitrogens with zero attached hydrogens (tertiary/aromatic N) is 1. The Morgan fingerprint density at radius 3 is 2.84 bits per heavy atom. The van der Waals surface area contributed by atoms with Gasteiger partial charge in [0.25, 0.3) is 5.91 Å². The van der Waals surface area contributed by atoms with E-state index in [2.05, 4.69) is 0 Å². The Balaban J connectivity index is 2.31. The van der Waals surface area contributed by atoms with Crippen molar-refractivity contribution in [2.45, 2.75) is 6.04 Å². The van der Waals surface area contributed by atoms with Gasteiger partial charge >= 0.3 is 0 Å². The van der Waals surface area contributed by atoms with Crippen LogP contribution in [0.3, 0.4) is 0 Å². The fourth-order valence-electron chi connectivity index (χ4n) is 1.95. The zero-order chi connectivity index (χ0) is 14.0. The Morgan fingerprint density at radius 2 is 2.16 bits per heavy atom. The maximum Gasteiger partial charge on any atom is 0.256 e. The molecule has 1 aliphatic rings. The third kappa shape index (κ3) is 2.80. The molecule has 1 heterocycles. The summed E-state index contributed by atoms with van der Waals surface area (Å²) >= 11 is 5.86. The van der Waals surface area contributed by atoms with Crippen LogP contribution in [-0.4, -0.2) is 42.5 Å². The van der Waals surface area contributed by atoms with Crippen molar-refractivity contribution in [1.82, 2.24) is 4.90 Å². The number of nitrogens with two attached hydrogens (primary N) is 2. The lowest BCUT2D eigenvalue weighted by Crippen LogP contribution is -2.54. The van der Waals surface area contributed by atoms with Crippen LogP contribution in [0.4, 0.5) is 5.69 Å². The van der Waals surface area contributed by atoms with Gasteiger partial charge in [0.2, 0.25) is 5.91 Å². The number of hydrogen-bond acceptors (Lipinski definition) is 4. The van der Waals surface area contributed by atoms with Gasteiger partial charge in [-0.2, -0.15) is 0 Å². The Hall–Kier alpha value is -1.79. The molecule has 1 aromatic carbocycles. The minimum absolute atomic E-state index is 0.0988. The number of ether oxygens (including phenoxy) is 1. The smallest absolute Gasteiger partial charge is 0.256 e. The number of amides is 2. The lowest BCUT2D eigenvalue weighted by Gasteiger charge is -2.33. The molecule has 1 fully saturated rings. The van der Waals surface area contributed by atoms with Crippen LogP contribution in [-0.2, 0) is 9.53 Å².